The van der Waals surface area contributed by atoms with Crippen LogP contribution in [-0.2, 0) is 11.4 Å². The number of nitrogens with zero attached hydrogens (tertiary/aromatic N) is 2. The molecule has 0 aromatic heterocycles. The van der Waals surface area contributed by atoms with Gasteiger partial charge in [0.05, 0.1) is 5.54 Å². The molecule has 0 atom stereocenters. The zero-order valence-electron chi connectivity index (χ0n) is 13.8. The highest BCUT2D eigenvalue weighted by atomic mass is 16.6. The fourth-order valence-electron chi connectivity index (χ4n) is 2.07. The summed E-state index contributed by atoms with van der Waals surface area (Å²) in [6.45, 7) is 4.76. The smallest absolute Gasteiger partial charge is 0.142 e. The van der Waals surface area contributed by atoms with Crippen LogP contribution in [0.2, 0.25) is 0 Å². The molecule has 0 radical (unpaired) electrons. The maximum Gasteiger partial charge on any atom is 0.142 e. The van der Waals surface area contributed by atoms with E-state index in [4.69, 9.17) is 4.84 Å². The molecular formula is C19H24N2O. The molecule has 0 saturated heterocycles. The Labute approximate surface area is 133 Å². The predicted octanol–water partition coefficient (Wildman–Crippen LogP) is 3.95. The van der Waals surface area contributed by atoms with Gasteiger partial charge in [0, 0.05) is 5.56 Å². The second-order valence-electron chi connectivity index (χ2n) is 6.02. The van der Waals surface area contributed by atoms with E-state index in [1.807, 2.05) is 48.5 Å². The zero-order chi connectivity index (χ0) is 16.0. The Morgan fingerprint density at radius 3 is 2.05 bits per heavy atom. The van der Waals surface area contributed by atoms with Crippen LogP contribution in [0, 0.1) is 0 Å². The first kappa shape index (κ1) is 16.2. The molecule has 0 heterocycles. The summed E-state index contributed by atoms with van der Waals surface area (Å²) >= 11 is 0. The molecule has 0 saturated carbocycles. The zero-order valence-corrected chi connectivity index (χ0v) is 13.8. The van der Waals surface area contributed by atoms with Crippen LogP contribution in [0.4, 0.5) is 0 Å². The number of rotatable bonds is 6. The van der Waals surface area contributed by atoms with Gasteiger partial charge in [0.25, 0.3) is 0 Å². The molecule has 2 aromatic rings. The van der Waals surface area contributed by atoms with E-state index in [0.29, 0.717) is 6.61 Å². The van der Waals surface area contributed by atoms with Crippen LogP contribution in [0.5, 0.6) is 0 Å². The minimum atomic E-state index is -0.224. The fraction of sp³-hybridized carbons (Fsp3) is 0.316. The van der Waals surface area contributed by atoms with Crippen molar-refractivity contribution >= 4 is 5.71 Å². The summed E-state index contributed by atoms with van der Waals surface area (Å²) in [5, 5.41) is 4.46. The molecule has 0 N–H and O–H groups in total. The first-order valence-electron chi connectivity index (χ1n) is 7.49. The van der Waals surface area contributed by atoms with E-state index >= 15 is 0 Å². The van der Waals surface area contributed by atoms with Crippen molar-refractivity contribution in [1.29, 1.82) is 0 Å². The van der Waals surface area contributed by atoms with Crippen molar-refractivity contribution in [1.82, 2.24) is 4.90 Å². The van der Waals surface area contributed by atoms with Crippen molar-refractivity contribution < 1.29 is 4.84 Å². The molecule has 2 rings (SSSR count). The summed E-state index contributed by atoms with van der Waals surface area (Å²) in [5.74, 6) is 0. The van der Waals surface area contributed by atoms with E-state index in [1.165, 1.54) is 0 Å². The van der Waals surface area contributed by atoms with E-state index in [2.05, 4.69) is 50.1 Å². The molecular weight excluding hydrogens is 272 g/mol. The van der Waals surface area contributed by atoms with E-state index in [9.17, 15) is 0 Å². The molecule has 22 heavy (non-hydrogen) atoms. The largest absolute Gasteiger partial charge is 0.391 e. The normalized spacial score (nSPS) is 12.5. The third kappa shape index (κ3) is 3.95. The summed E-state index contributed by atoms with van der Waals surface area (Å²) in [7, 11) is 4.10. The molecule has 0 aliphatic carbocycles. The maximum absolute atomic E-state index is 5.63. The summed E-state index contributed by atoms with van der Waals surface area (Å²) in [4.78, 5) is 7.78. The van der Waals surface area contributed by atoms with Crippen LogP contribution in [0.3, 0.4) is 0 Å². The lowest BCUT2D eigenvalue weighted by Crippen LogP contribution is -2.46. The number of likely N-dealkylation sites (N-methyl/N-ethyl adjacent to an activating group) is 1. The second-order valence-corrected chi connectivity index (χ2v) is 6.02. The van der Waals surface area contributed by atoms with Gasteiger partial charge in [0.15, 0.2) is 0 Å². The molecule has 0 unspecified atom stereocenters. The van der Waals surface area contributed by atoms with Gasteiger partial charge in [-0.05, 0) is 33.5 Å². The van der Waals surface area contributed by atoms with Gasteiger partial charge >= 0.3 is 0 Å². The molecule has 2 aromatic carbocycles. The SMILES string of the molecule is CN(C)C(C)(C)C(=NOCc1ccccc1)c1ccccc1. The highest BCUT2D eigenvalue weighted by Gasteiger charge is 2.29. The first-order chi connectivity index (χ1) is 10.5. The van der Waals surface area contributed by atoms with E-state index in [1.54, 1.807) is 0 Å². The molecule has 0 spiro atoms. The molecule has 3 heteroatoms. The van der Waals surface area contributed by atoms with Gasteiger partial charge in [-0.3, -0.25) is 4.90 Å². The van der Waals surface area contributed by atoms with Crippen molar-refractivity contribution in [2.75, 3.05) is 14.1 Å². The highest BCUT2D eigenvalue weighted by Crippen LogP contribution is 2.19. The monoisotopic (exact) mass is 296 g/mol. The minimum Gasteiger partial charge on any atom is -0.391 e. The Balaban J connectivity index is 2.23. The third-order valence-electron chi connectivity index (χ3n) is 3.97. The van der Waals surface area contributed by atoms with Crippen LogP contribution in [0.25, 0.3) is 0 Å². The van der Waals surface area contributed by atoms with Crippen LogP contribution in [0.15, 0.2) is 65.8 Å². The average Bonchev–Trinajstić information content (AvgIpc) is 2.53. The number of hydrogen-bond donors (Lipinski definition) is 0. The number of benzene rings is 2. The Morgan fingerprint density at radius 2 is 1.50 bits per heavy atom. The minimum absolute atomic E-state index is 0.224. The van der Waals surface area contributed by atoms with Crippen LogP contribution >= 0.6 is 0 Å². The molecule has 0 aliphatic rings. The van der Waals surface area contributed by atoms with Gasteiger partial charge in [0.1, 0.15) is 12.3 Å². The summed E-state index contributed by atoms with van der Waals surface area (Å²) < 4.78 is 0. The van der Waals surface area contributed by atoms with Gasteiger partial charge in [-0.15, -0.1) is 0 Å². The van der Waals surface area contributed by atoms with Crippen molar-refractivity contribution in [2.45, 2.75) is 26.0 Å². The van der Waals surface area contributed by atoms with Gasteiger partial charge < -0.3 is 4.84 Å². The lowest BCUT2D eigenvalue weighted by atomic mass is 9.91. The van der Waals surface area contributed by atoms with Crippen molar-refractivity contribution in [2.24, 2.45) is 5.16 Å². The predicted molar refractivity (Wildman–Crippen MR) is 92.0 cm³/mol. The molecule has 0 fully saturated rings. The first-order valence-corrected chi connectivity index (χ1v) is 7.49. The Morgan fingerprint density at radius 1 is 0.955 bits per heavy atom. The van der Waals surface area contributed by atoms with Gasteiger partial charge in [0.2, 0.25) is 0 Å². The summed E-state index contributed by atoms with van der Waals surface area (Å²) in [5.41, 5.74) is 2.89. The van der Waals surface area contributed by atoms with Gasteiger partial charge in [-0.2, -0.15) is 0 Å². The lowest BCUT2D eigenvalue weighted by molar-refractivity contribution is 0.125. The van der Waals surface area contributed by atoms with E-state index in [-0.39, 0.29) is 5.54 Å². The Kier molecular flexibility index (Phi) is 5.34. The molecule has 0 bridgehead atoms. The fourth-order valence-corrected chi connectivity index (χ4v) is 2.07. The number of oxime groups is 1. The van der Waals surface area contributed by atoms with Crippen LogP contribution in [0.1, 0.15) is 25.0 Å². The van der Waals surface area contributed by atoms with E-state index < -0.39 is 0 Å². The maximum atomic E-state index is 5.63. The number of hydrogen-bond acceptors (Lipinski definition) is 3. The van der Waals surface area contributed by atoms with Crippen LogP contribution < -0.4 is 0 Å². The lowest BCUT2D eigenvalue weighted by Gasteiger charge is -2.33. The topological polar surface area (TPSA) is 24.8 Å². The molecule has 3 nitrogen and oxygen atoms in total. The Bertz CT molecular complexity index is 604. The van der Waals surface area contributed by atoms with Crippen molar-refractivity contribution in [3.05, 3.63) is 71.8 Å². The molecule has 0 amide bonds. The van der Waals surface area contributed by atoms with Crippen molar-refractivity contribution in [3.8, 4) is 0 Å². The summed E-state index contributed by atoms with van der Waals surface area (Å²) in [6.07, 6.45) is 0. The average molecular weight is 296 g/mol. The molecule has 0 aliphatic heterocycles. The quantitative estimate of drug-likeness (QED) is 0.595. The Hall–Kier alpha value is -2.13. The highest BCUT2D eigenvalue weighted by molar-refractivity contribution is 6.06. The third-order valence-corrected chi connectivity index (χ3v) is 3.97. The molecule has 116 valence electrons. The summed E-state index contributed by atoms with van der Waals surface area (Å²) in [6, 6.07) is 20.3. The second kappa shape index (κ2) is 7.23. The standard InChI is InChI=1S/C19H24N2O/c1-19(2,21(3)4)18(17-13-9-6-10-14-17)20-22-15-16-11-7-5-8-12-16/h5-14H,15H2,1-4H3. The van der Waals surface area contributed by atoms with Gasteiger partial charge in [-0.1, -0.05) is 65.8 Å². The van der Waals surface area contributed by atoms with Gasteiger partial charge in [-0.25, -0.2) is 0 Å². The van der Waals surface area contributed by atoms with E-state index in [0.717, 1.165) is 16.8 Å². The van der Waals surface area contributed by atoms with Crippen LogP contribution in [-0.4, -0.2) is 30.2 Å². The van der Waals surface area contributed by atoms with Crippen molar-refractivity contribution in [3.63, 3.8) is 0 Å².